The van der Waals surface area contributed by atoms with Gasteiger partial charge in [-0.15, -0.1) is 0 Å². The first-order chi connectivity index (χ1) is 24.7. The van der Waals surface area contributed by atoms with Crippen LogP contribution in [0.4, 0.5) is 5.82 Å². The summed E-state index contributed by atoms with van der Waals surface area (Å²) in [6.07, 6.45) is -2.81. The molecule has 4 rings (SSSR count). The Morgan fingerprint density at radius 2 is 1.78 bits per heavy atom. The molecule has 0 aromatic carbocycles. The smallest absolute Gasteiger partial charge is 0.220 e. The number of aliphatic hydroxyl groups excluding tert-OH is 3. The summed E-state index contributed by atoms with van der Waals surface area (Å²) >= 11 is 0. The number of aliphatic hydroxyl groups is 3. The summed E-state index contributed by atoms with van der Waals surface area (Å²) in [5.41, 5.74) is 6.92. The number of imidazole rings is 1. The number of carbonyl (C=O) groups excluding carboxylic acids is 2. The molecule has 2 fully saturated rings. The topological polar surface area (TPSA) is 262 Å². The van der Waals surface area contributed by atoms with Crippen molar-refractivity contribution in [2.24, 2.45) is 0 Å². The fourth-order valence-corrected chi connectivity index (χ4v) is 5.81. The minimum Gasteiger partial charge on any atom is -0.394 e. The fraction of sp³-hybridized carbons (Fsp3) is 0.774. The summed E-state index contributed by atoms with van der Waals surface area (Å²) in [7, 11) is 1.58. The Bertz CT molecular complexity index is 1360. The Labute approximate surface area is 295 Å². The van der Waals surface area contributed by atoms with Crippen molar-refractivity contribution in [3.63, 3.8) is 0 Å². The van der Waals surface area contributed by atoms with Crippen molar-refractivity contribution >= 4 is 28.8 Å². The molecular formula is C31H51N7O13. The number of nitrogens with two attached hydrogens (primary N) is 1. The average molecular weight is 730 g/mol. The summed E-state index contributed by atoms with van der Waals surface area (Å²) < 4.78 is 47.9. The number of amides is 2. The number of unbranched alkanes of at least 4 members (excludes halogenated alkanes) is 1. The molecule has 9 atom stereocenters. The molecule has 2 saturated heterocycles. The molecule has 20 nitrogen and oxygen atoms in total. The molecule has 0 spiro atoms. The van der Waals surface area contributed by atoms with E-state index in [0.29, 0.717) is 37.2 Å². The molecule has 0 saturated carbocycles. The molecule has 0 unspecified atom stereocenters. The maximum Gasteiger partial charge on any atom is 0.220 e. The van der Waals surface area contributed by atoms with Crippen molar-refractivity contribution in [3.8, 4) is 0 Å². The van der Waals surface area contributed by atoms with Gasteiger partial charge in [0.15, 0.2) is 24.0 Å². The van der Waals surface area contributed by atoms with Gasteiger partial charge in [0.25, 0.3) is 0 Å². The summed E-state index contributed by atoms with van der Waals surface area (Å²) in [5.74, 6) is -0.341. The molecule has 20 heteroatoms. The lowest BCUT2D eigenvalue weighted by molar-refractivity contribution is -0.270. The number of anilines is 1. The van der Waals surface area contributed by atoms with Crippen molar-refractivity contribution in [2.45, 2.75) is 88.3 Å². The maximum absolute atomic E-state index is 12.2. The minimum absolute atomic E-state index is 0.0628. The minimum atomic E-state index is -1.39. The third-order valence-corrected chi connectivity index (χ3v) is 8.25. The molecular weight excluding hydrogens is 678 g/mol. The van der Waals surface area contributed by atoms with Crippen molar-refractivity contribution in [3.05, 3.63) is 12.7 Å². The lowest BCUT2D eigenvalue weighted by Crippen LogP contribution is -2.64. The third kappa shape index (κ3) is 11.2. The van der Waals surface area contributed by atoms with Crippen LogP contribution in [0.5, 0.6) is 0 Å². The van der Waals surface area contributed by atoms with E-state index in [2.05, 4.69) is 25.6 Å². The summed E-state index contributed by atoms with van der Waals surface area (Å²) in [5, 5.41) is 35.1. The Kier molecular flexibility index (Phi) is 16.5. The lowest BCUT2D eigenvalue weighted by atomic mass is 9.97. The number of nitrogens with zero attached hydrogens (tertiary/aromatic N) is 4. The van der Waals surface area contributed by atoms with Gasteiger partial charge < -0.3 is 69.6 Å². The zero-order chi connectivity index (χ0) is 36.8. The number of nitrogen functional groups attached to an aromatic ring is 1. The number of rotatable bonds is 22. The Balaban J connectivity index is 1.09. The van der Waals surface area contributed by atoms with Crippen molar-refractivity contribution in [1.29, 1.82) is 0 Å². The van der Waals surface area contributed by atoms with Gasteiger partial charge in [-0.2, -0.15) is 0 Å². The number of hydrogen-bond acceptors (Lipinski definition) is 17. The third-order valence-electron chi connectivity index (χ3n) is 8.25. The highest BCUT2D eigenvalue weighted by Gasteiger charge is 2.48. The van der Waals surface area contributed by atoms with Gasteiger partial charge in [-0.1, -0.05) is 0 Å². The van der Waals surface area contributed by atoms with E-state index in [4.69, 9.17) is 43.6 Å². The van der Waals surface area contributed by atoms with Gasteiger partial charge in [0.1, 0.15) is 61.3 Å². The van der Waals surface area contributed by atoms with Gasteiger partial charge >= 0.3 is 0 Å². The second kappa shape index (κ2) is 20.8. The molecule has 2 aromatic heterocycles. The first-order valence-electron chi connectivity index (χ1n) is 16.9. The van der Waals surface area contributed by atoms with Gasteiger partial charge in [0.05, 0.1) is 39.4 Å². The van der Waals surface area contributed by atoms with Crippen LogP contribution in [-0.2, 0) is 47.5 Å². The van der Waals surface area contributed by atoms with Crippen LogP contribution in [0.25, 0.3) is 11.2 Å². The molecule has 2 aliphatic rings. The average Bonchev–Trinajstić information content (AvgIpc) is 3.69. The molecule has 2 aromatic rings. The molecule has 0 bridgehead atoms. The molecule has 0 aliphatic carbocycles. The molecule has 51 heavy (non-hydrogen) atoms. The van der Waals surface area contributed by atoms with E-state index in [1.807, 2.05) is 6.92 Å². The largest absolute Gasteiger partial charge is 0.394 e. The Morgan fingerprint density at radius 1 is 0.980 bits per heavy atom. The van der Waals surface area contributed by atoms with Crippen molar-refractivity contribution in [1.82, 2.24) is 30.2 Å². The van der Waals surface area contributed by atoms with Crippen LogP contribution in [0, 0.1) is 0 Å². The monoisotopic (exact) mass is 729 g/mol. The van der Waals surface area contributed by atoms with E-state index in [1.54, 1.807) is 18.0 Å². The first kappa shape index (κ1) is 40.6. The molecule has 2 aliphatic heterocycles. The number of ether oxygens (including phenoxy) is 8. The van der Waals surface area contributed by atoms with Crippen LogP contribution in [0.3, 0.4) is 0 Å². The maximum atomic E-state index is 12.2. The van der Waals surface area contributed by atoms with Gasteiger partial charge in [0.2, 0.25) is 11.8 Å². The fourth-order valence-electron chi connectivity index (χ4n) is 5.81. The Hall–Kier alpha value is -3.15. The predicted molar refractivity (Wildman–Crippen MR) is 176 cm³/mol. The van der Waals surface area contributed by atoms with Crippen LogP contribution in [0.15, 0.2) is 12.7 Å². The normalized spacial score (nSPS) is 27.9. The van der Waals surface area contributed by atoms with Crippen LogP contribution in [0.2, 0.25) is 0 Å². The first-order valence-corrected chi connectivity index (χ1v) is 16.9. The number of nitrogens with one attached hydrogen (secondary N) is 2. The van der Waals surface area contributed by atoms with E-state index in [0.717, 1.165) is 0 Å². The number of carbonyl (C=O) groups is 2. The van der Waals surface area contributed by atoms with Crippen LogP contribution in [0.1, 0.15) is 39.3 Å². The molecule has 4 heterocycles. The second-order valence-corrected chi connectivity index (χ2v) is 11.9. The molecule has 288 valence electrons. The van der Waals surface area contributed by atoms with E-state index in [-0.39, 0.29) is 58.0 Å². The van der Waals surface area contributed by atoms with Gasteiger partial charge in [0, 0.05) is 40.2 Å². The summed E-state index contributed by atoms with van der Waals surface area (Å²) in [6.45, 7) is 4.55. The zero-order valence-electron chi connectivity index (χ0n) is 29.1. The number of methoxy groups -OCH3 is 1. The van der Waals surface area contributed by atoms with Crippen LogP contribution >= 0.6 is 0 Å². The van der Waals surface area contributed by atoms with E-state index in [9.17, 15) is 24.9 Å². The van der Waals surface area contributed by atoms with Crippen LogP contribution < -0.4 is 16.4 Å². The van der Waals surface area contributed by atoms with Crippen molar-refractivity contribution in [2.75, 3.05) is 72.4 Å². The van der Waals surface area contributed by atoms with Gasteiger partial charge in [-0.25, -0.2) is 15.0 Å². The van der Waals surface area contributed by atoms with Crippen molar-refractivity contribution < 1.29 is 62.8 Å². The molecule has 0 radical (unpaired) electrons. The molecule has 7 N–H and O–H groups in total. The lowest BCUT2D eigenvalue weighted by Gasteiger charge is -2.42. The Morgan fingerprint density at radius 3 is 2.53 bits per heavy atom. The number of hydrogen-bond donors (Lipinski definition) is 6. The number of aromatic nitrogens is 4. The standard InChI is InChI=1S/C31H51N7O13/c1-4-47-26-20(14-44-3)50-30(38-16-36-23-28(32)34-15-35-29(23)38)27(26)49-17-46-12-11-45-10-8-33-21(41)7-5-6-9-48-31-22(37-18(2)40)25(43)24(42)19(13-39)51-31/h15-16,19-20,22,24-27,30-31,39,42-43H,4-14,17H2,1-3H3,(H,33,41)(H,37,40)(H2,32,34,35)/t19-,20-,22-,24+,25-,26-,27-,30-,31-/m1/s1. The highest BCUT2D eigenvalue weighted by atomic mass is 16.7. The predicted octanol–water partition coefficient (Wildman–Crippen LogP) is -2.02. The SMILES string of the molecule is CCO[C@H]1[C@@H](OCOCCOCCNC(=O)CCCCO[C@@H]2O[C@H](CO)[C@H](O)[C@H](O)[C@H]2NC(C)=O)[C@H](n2cnc3c(N)ncnc32)O[C@@H]1COC. The summed E-state index contributed by atoms with van der Waals surface area (Å²) in [6, 6.07) is -1.01. The second-order valence-electron chi connectivity index (χ2n) is 11.9. The quantitative estimate of drug-likeness (QED) is 0.0564. The molecule has 2 amide bonds. The van der Waals surface area contributed by atoms with E-state index in [1.165, 1.54) is 13.3 Å². The summed E-state index contributed by atoms with van der Waals surface area (Å²) in [4.78, 5) is 36.4. The zero-order valence-corrected chi connectivity index (χ0v) is 29.1. The highest BCUT2D eigenvalue weighted by molar-refractivity contribution is 5.81. The van der Waals surface area contributed by atoms with Gasteiger partial charge in [-0.3, -0.25) is 14.2 Å². The van der Waals surface area contributed by atoms with E-state index < -0.39 is 67.7 Å². The number of fused-ring (bicyclic) bond motifs is 1. The highest BCUT2D eigenvalue weighted by Crippen LogP contribution is 2.36. The van der Waals surface area contributed by atoms with E-state index >= 15 is 0 Å². The van der Waals surface area contributed by atoms with Crippen LogP contribution in [-0.4, -0.2) is 162 Å². The van der Waals surface area contributed by atoms with Gasteiger partial charge in [-0.05, 0) is 19.8 Å².